The van der Waals surface area contributed by atoms with Gasteiger partial charge in [0.1, 0.15) is 0 Å². The molecule has 0 aromatic carbocycles. The lowest BCUT2D eigenvalue weighted by molar-refractivity contribution is -0.135. The Hall–Kier alpha value is -1.93. The molecule has 114 valence electrons. The second-order valence-electron chi connectivity index (χ2n) is 2.84. The summed E-state index contributed by atoms with van der Waals surface area (Å²) in [6, 6.07) is 0. The van der Waals surface area contributed by atoms with E-state index in [1.165, 1.54) is 0 Å². The van der Waals surface area contributed by atoms with E-state index in [1.807, 2.05) is 6.08 Å². The predicted molar refractivity (Wildman–Crippen MR) is 72.1 cm³/mol. The summed E-state index contributed by atoms with van der Waals surface area (Å²) >= 11 is 0. The van der Waals surface area contributed by atoms with Gasteiger partial charge in [-0.1, -0.05) is 6.08 Å². The standard InChI is InChI=1S/C5H12N2.3C2H4O2/c1-2-4-7-5-3-6;3*1-2(3)4/h2,7H,1,3-6H2;3*1H3,(H,3,4). The molecular weight excluding hydrogens is 256 g/mol. The molecule has 0 aromatic rings. The van der Waals surface area contributed by atoms with E-state index < -0.39 is 17.9 Å². The first-order valence-electron chi connectivity index (χ1n) is 5.22. The van der Waals surface area contributed by atoms with Crippen LogP contribution in [-0.2, 0) is 14.4 Å². The summed E-state index contributed by atoms with van der Waals surface area (Å²) < 4.78 is 0. The summed E-state index contributed by atoms with van der Waals surface area (Å²) in [6.45, 7) is 9.22. The highest BCUT2D eigenvalue weighted by Gasteiger charge is 1.73. The highest BCUT2D eigenvalue weighted by atomic mass is 16.4. The predicted octanol–water partition coefficient (Wildman–Crippen LogP) is -0.00660. The summed E-state index contributed by atoms with van der Waals surface area (Å²) in [4.78, 5) is 27.0. The van der Waals surface area contributed by atoms with Gasteiger partial charge in [0.15, 0.2) is 0 Å². The summed E-state index contributed by atoms with van der Waals surface area (Å²) in [5.41, 5.74) is 5.17. The third-order valence-electron chi connectivity index (χ3n) is 0.610. The lowest BCUT2D eigenvalue weighted by Crippen LogP contribution is -2.21. The molecule has 0 amide bonds. The molecule has 0 aliphatic carbocycles. The van der Waals surface area contributed by atoms with Crippen LogP contribution in [0.4, 0.5) is 0 Å². The van der Waals surface area contributed by atoms with E-state index in [1.54, 1.807) is 0 Å². The van der Waals surface area contributed by atoms with Crippen LogP contribution in [0.15, 0.2) is 12.7 Å². The van der Waals surface area contributed by atoms with Gasteiger partial charge < -0.3 is 26.4 Å². The number of carboxylic acid groups (broad SMARTS) is 3. The van der Waals surface area contributed by atoms with Gasteiger partial charge in [-0.15, -0.1) is 6.58 Å². The average molecular weight is 280 g/mol. The molecular formula is C11H24N2O6. The SMILES string of the molecule is C=CCNCCN.CC(=O)O.CC(=O)O.CC(=O)O. The lowest BCUT2D eigenvalue weighted by Gasteiger charge is -1.93. The zero-order valence-corrected chi connectivity index (χ0v) is 11.5. The average Bonchev–Trinajstić information content (AvgIpc) is 2.15. The summed E-state index contributed by atoms with van der Waals surface area (Å²) in [5.74, 6) is -2.50. The molecule has 19 heavy (non-hydrogen) atoms. The Morgan fingerprint density at radius 2 is 1.32 bits per heavy atom. The third kappa shape index (κ3) is 742. The zero-order chi connectivity index (χ0) is 16.3. The number of hydrogen-bond donors (Lipinski definition) is 5. The smallest absolute Gasteiger partial charge is 0.300 e. The Morgan fingerprint density at radius 3 is 1.47 bits per heavy atom. The van der Waals surface area contributed by atoms with Crippen molar-refractivity contribution in [1.82, 2.24) is 5.32 Å². The van der Waals surface area contributed by atoms with E-state index in [2.05, 4.69) is 11.9 Å². The van der Waals surface area contributed by atoms with Gasteiger partial charge in [-0.2, -0.15) is 0 Å². The van der Waals surface area contributed by atoms with Gasteiger partial charge in [-0.25, -0.2) is 0 Å². The number of hydrogen-bond acceptors (Lipinski definition) is 5. The van der Waals surface area contributed by atoms with Crippen molar-refractivity contribution in [2.45, 2.75) is 20.8 Å². The molecule has 0 fully saturated rings. The maximum Gasteiger partial charge on any atom is 0.300 e. The van der Waals surface area contributed by atoms with Crippen molar-refractivity contribution >= 4 is 17.9 Å². The molecule has 0 rings (SSSR count). The molecule has 0 radical (unpaired) electrons. The number of carboxylic acids is 3. The Bertz CT molecular complexity index is 203. The van der Waals surface area contributed by atoms with Crippen LogP contribution in [0.2, 0.25) is 0 Å². The van der Waals surface area contributed by atoms with Crippen molar-refractivity contribution in [2.24, 2.45) is 5.73 Å². The molecule has 0 aliphatic heterocycles. The van der Waals surface area contributed by atoms with E-state index in [-0.39, 0.29) is 0 Å². The molecule has 8 nitrogen and oxygen atoms in total. The van der Waals surface area contributed by atoms with Crippen LogP contribution in [-0.4, -0.2) is 52.9 Å². The molecule has 0 bridgehead atoms. The van der Waals surface area contributed by atoms with Crippen LogP contribution in [0.5, 0.6) is 0 Å². The fourth-order valence-corrected chi connectivity index (χ4v) is 0.306. The summed E-state index contributed by atoms with van der Waals surface area (Å²) in [6.07, 6.45) is 1.82. The number of aliphatic carboxylic acids is 3. The van der Waals surface area contributed by atoms with E-state index in [0.717, 1.165) is 33.9 Å². The normalized spacial score (nSPS) is 7.16. The van der Waals surface area contributed by atoms with Crippen LogP contribution in [0.25, 0.3) is 0 Å². The molecule has 8 heteroatoms. The van der Waals surface area contributed by atoms with Gasteiger partial charge in [0.25, 0.3) is 17.9 Å². The minimum atomic E-state index is -0.833. The maximum atomic E-state index is 9.00. The minimum Gasteiger partial charge on any atom is -0.481 e. The second kappa shape index (κ2) is 25.1. The molecule has 0 atom stereocenters. The van der Waals surface area contributed by atoms with Crippen LogP contribution in [0.3, 0.4) is 0 Å². The molecule has 0 heterocycles. The van der Waals surface area contributed by atoms with Crippen LogP contribution >= 0.6 is 0 Å². The van der Waals surface area contributed by atoms with E-state index in [0.29, 0.717) is 6.54 Å². The molecule has 6 N–H and O–H groups in total. The van der Waals surface area contributed by atoms with Gasteiger partial charge >= 0.3 is 0 Å². The van der Waals surface area contributed by atoms with E-state index in [9.17, 15) is 0 Å². The van der Waals surface area contributed by atoms with Gasteiger partial charge in [0.2, 0.25) is 0 Å². The van der Waals surface area contributed by atoms with Crippen LogP contribution in [0, 0.1) is 0 Å². The largest absolute Gasteiger partial charge is 0.481 e. The van der Waals surface area contributed by atoms with Crippen molar-refractivity contribution in [3.63, 3.8) is 0 Å². The number of nitrogens with one attached hydrogen (secondary N) is 1. The Balaban J connectivity index is -0.0000000825. The van der Waals surface area contributed by atoms with E-state index in [4.69, 9.17) is 35.4 Å². The van der Waals surface area contributed by atoms with Gasteiger partial charge in [0, 0.05) is 40.4 Å². The Morgan fingerprint density at radius 1 is 1.05 bits per heavy atom. The quantitative estimate of drug-likeness (QED) is 0.356. The molecule has 0 aromatic heterocycles. The first-order chi connectivity index (χ1) is 8.61. The summed E-state index contributed by atoms with van der Waals surface area (Å²) in [5, 5.41) is 25.3. The number of rotatable bonds is 4. The molecule has 0 saturated heterocycles. The van der Waals surface area contributed by atoms with Crippen molar-refractivity contribution < 1.29 is 29.7 Å². The molecule has 0 unspecified atom stereocenters. The first-order valence-corrected chi connectivity index (χ1v) is 5.22. The Labute approximate surface area is 112 Å². The number of nitrogens with two attached hydrogens (primary N) is 1. The highest BCUT2D eigenvalue weighted by molar-refractivity contribution is 5.63. The van der Waals surface area contributed by atoms with Crippen molar-refractivity contribution in [3.8, 4) is 0 Å². The maximum absolute atomic E-state index is 9.00. The van der Waals surface area contributed by atoms with Gasteiger partial charge in [-0.3, -0.25) is 14.4 Å². The molecule has 0 spiro atoms. The number of carbonyl (C=O) groups is 3. The van der Waals surface area contributed by atoms with E-state index >= 15 is 0 Å². The molecule has 0 aliphatic rings. The highest BCUT2D eigenvalue weighted by Crippen LogP contribution is 1.55. The second-order valence-corrected chi connectivity index (χ2v) is 2.84. The third-order valence-corrected chi connectivity index (χ3v) is 0.610. The first kappa shape index (κ1) is 25.8. The fraction of sp³-hybridized carbons (Fsp3) is 0.545. The zero-order valence-electron chi connectivity index (χ0n) is 11.5. The van der Waals surface area contributed by atoms with Crippen LogP contribution in [0.1, 0.15) is 20.8 Å². The lowest BCUT2D eigenvalue weighted by atomic mass is 10.6. The minimum absolute atomic E-state index is 0.702. The van der Waals surface area contributed by atoms with Crippen molar-refractivity contribution in [2.75, 3.05) is 19.6 Å². The molecule has 0 saturated carbocycles. The van der Waals surface area contributed by atoms with Crippen molar-refractivity contribution in [1.29, 1.82) is 0 Å². The van der Waals surface area contributed by atoms with Gasteiger partial charge in [0.05, 0.1) is 0 Å². The monoisotopic (exact) mass is 280 g/mol. The summed E-state index contributed by atoms with van der Waals surface area (Å²) in [7, 11) is 0. The fourth-order valence-electron chi connectivity index (χ4n) is 0.306. The Kier molecular flexibility index (Phi) is 34.0. The van der Waals surface area contributed by atoms with Crippen LogP contribution < -0.4 is 11.1 Å². The van der Waals surface area contributed by atoms with Gasteiger partial charge in [-0.05, 0) is 0 Å². The topological polar surface area (TPSA) is 150 Å². The van der Waals surface area contributed by atoms with Crippen molar-refractivity contribution in [3.05, 3.63) is 12.7 Å².